The first kappa shape index (κ1) is 72.3. The lowest BCUT2D eigenvalue weighted by molar-refractivity contribution is -0.167. The van der Waals surface area contributed by atoms with Gasteiger partial charge in [0.25, 0.3) is 0 Å². The molecule has 77 heavy (non-hydrogen) atoms. The van der Waals surface area contributed by atoms with Gasteiger partial charge in [0.2, 0.25) is 0 Å². The van der Waals surface area contributed by atoms with Gasteiger partial charge < -0.3 is 14.2 Å². The van der Waals surface area contributed by atoms with E-state index in [0.29, 0.717) is 19.3 Å². The second-order valence-corrected chi connectivity index (χ2v) is 20.2. The molecule has 6 heteroatoms. The lowest BCUT2D eigenvalue weighted by Gasteiger charge is -2.18. The van der Waals surface area contributed by atoms with E-state index in [4.69, 9.17) is 14.2 Å². The van der Waals surface area contributed by atoms with Crippen molar-refractivity contribution >= 4 is 17.9 Å². The fraction of sp³-hybridized carbons (Fsp3) is 0.620. The number of carbonyl (C=O) groups excluding carboxylic acids is 3. The van der Waals surface area contributed by atoms with Crippen molar-refractivity contribution < 1.29 is 28.6 Å². The molecule has 0 saturated heterocycles. The molecule has 0 aromatic heterocycles. The summed E-state index contributed by atoms with van der Waals surface area (Å²) in [4.78, 5) is 38.3. The number of rotatable bonds is 55. The Morgan fingerprint density at radius 2 is 0.519 bits per heavy atom. The van der Waals surface area contributed by atoms with Crippen molar-refractivity contribution in [2.24, 2.45) is 0 Å². The minimum atomic E-state index is -0.819. The number of allylic oxidation sites excluding steroid dienone is 24. The van der Waals surface area contributed by atoms with Gasteiger partial charge in [-0.2, -0.15) is 0 Å². The molecule has 0 amide bonds. The van der Waals surface area contributed by atoms with Crippen LogP contribution in [0.25, 0.3) is 0 Å². The maximum absolute atomic E-state index is 12.9. The monoisotopic (exact) mass is 1060 g/mol. The summed E-state index contributed by atoms with van der Waals surface area (Å²) in [5.41, 5.74) is 0. The summed E-state index contributed by atoms with van der Waals surface area (Å²) in [5.74, 6) is -0.990. The van der Waals surface area contributed by atoms with E-state index in [0.717, 1.165) is 128 Å². The average molecular weight is 1060 g/mol. The molecule has 0 spiro atoms. The van der Waals surface area contributed by atoms with Crippen molar-refractivity contribution in [3.05, 3.63) is 146 Å². The summed E-state index contributed by atoms with van der Waals surface area (Å²) in [6.45, 7) is 6.35. The lowest BCUT2D eigenvalue weighted by atomic mass is 10.1. The Morgan fingerprint density at radius 1 is 0.273 bits per heavy atom. The molecule has 0 fully saturated rings. The maximum Gasteiger partial charge on any atom is 0.306 e. The van der Waals surface area contributed by atoms with Gasteiger partial charge in [-0.05, 0) is 135 Å². The van der Waals surface area contributed by atoms with Gasteiger partial charge in [-0.1, -0.05) is 256 Å². The molecule has 0 aliphatic rings. The van der Waals surface area contributed by atoms with Crippen molar-refractivity contribution in [2.75, 3.05) is 13.2 Å². The minimum absolute atomic E-state index is 0.109. The number of carbonyl (C=O) groups is 3. The Hall–Kier alpha value is -4.71. The highest BCUT2D eigenvalue weighted by atomic mass is 16.6. The van der Waals surface area contributed by atoms with Gasteiger partial charge in [-0.25, -0.2) is 0 Å². The zero-order valence-electron chi connectivity index (χ0n) is 49.7. The third kappa shape index (κ3) is 62.0. The van der Waals surface area contributed by atoms with E-state index in [2.05, 4.69) is 167 Å². The molecule has 0 aromatic rings. The first-order valence-electron chi connectivity index (χ1n) is 31.3. The lowest BCUT2D eigenvalue weighted by Crippen LogP contribution is -2.30. The quantitative estimate of drug-likeness (QED) is 0.0261. The average Bonchev–Trinajstić information content (AvgIpc) is 3.43. The Bertz CT molecular complexity index is 1700. The Labute approximate surface area is 474 Å². The highest BCUT2D eigenvalue weighted by molar-refractivity contribution is 5.71. The summed E-state index contributed by atoms with van der Waals surface area (Å²) in [6.07, 6.45) is 91.3. The molecule has 0 heterocycles. The number of hydrogen-bond donors (Lipinski definition) is 0. The van der Waals surface area contributed by atoms with Crippen LogP contribution in [0.3, 0.4) is 0 Å². The maximum atomic E-state index is 12.9. The van der Waals surface area contributed by atoms with Gasteiger partial charge in [-0.3, -0.25) is 14.4 Å². The van der Waals surface area contributed by atoms with Crippen LogP contribution in [0.1, 0.15) is 265 Å². The highest BCUT2D eigenvalue weighted by Gasteiger charge is 2.19. The molecule has 0 N–H and O–H groups in total. The van der Waals surface area contributed by atoms with Crippen LogP contribution in [-0.4, -0.2) is 37.2 Å². The predicted molar refractivity (Wildman–Crippen MR) is 334 cm³/mol. The van der Waals surface area contributed by atoms with Gasteiger partial charge in [-0.15, -0.1) is 0 Å². The third-order valence-electron chi connectivity index (χ3n) is 12.8. The SMILES string of the molecule is CC/C=C\C/C=C\C/C=C\C/C=C\C/C=C\C/C=C\C/C=C\CCCC(=O)OCC(COC(=O)CCCCCCCCC/C=C\CCCCCCCC)OC(=O)CCCCCCCC/C=C\C/C=C\C/C=C\C/C=C\CC. The molecule has 0 aromatic carbocycles. The van der Waals surface area contributed by atoms with Crippen molar-refractivity contribution in [1.29, 1.82) is 0 Å². The molecule has 6 nitrogen and oxygen atoms in total. The standard InChI is InChI=1S/C71H114O6/c1-4-7-10-13-16-19-22-25-28-31-33-34-35-36-38-40-43-46-49-52-55-58-61-64-70(73)76-67-68(66-75-69(72)63-60-57-54-51-48-45-42-39-30-27-24-21-18-15-12-9-6-3)77-71(74)65-62-59-56-53-50-47-44-41-37-32-29-26-23-20-17-14-11-8-5-2/h7-8,10-11,16-17,19-20,25-30,33-34,36-38,41,43,46,52,55,68H,4-6,9,12-15,18,21-24,31-32,35,39-40,42,44-45,47-51,53-54,56-67H2,1-3H3/b10-7-,11-8-,19-16-,20-17-,28-25-,29-26-,30-27-,34-33-,38-36-,41-37-,46-43-,55-52-. The molecule has 0 aliphatic carbocycles. The zero-order chi connectivity index (χ0) is 55.7. The van der Waals surface area contributed by atoms with Crippen molar-refractivity contribution in [3.8, 4) is 0 Å². The molecule has 434 valence electrons. The Balaban J connectivity index is 4.54. The normalized spacial score (nSPS) is 13.1. The van der Waals surface area contributed by atoms with E-state index in [1.807, 2.05) is 0 Å². The summed E-state index contributed by atoms with van der Waals surface area (Å²) in [6, 6.07) is 0. The second-order valence-electron chi connectivity index (χ2n) is 20.2. The van der Waals surface area contributed by atoms with E-state index >= 15 is 0 Å². The summed E-state index contributed by atoms with van der Waals surface area (Å²) < 4.78 is 16.9. The van der Waals surface area contributed by atoms with Crippen LogP contribution in [0.15, 0.2) is 146 Å². The van der Waals surface area contributed by atoms with Crippen LogP contribution in [0.4, 0.5) is 0 Å². The van der Waals surface area contributed by atoms with Crippen LogP contribution in [0.2, 0.25) is 0 Å². The highest BCUT2D eigenvalue weighted by Crippen LogP contribution is 2.14. The number of ether oxygens (including phenoxy) is 3. The van der Waals surface area contributed by atoms with Gasteiger partial charge in [0, 0.05) is 19.3 Å². The number of unbranched alkanes of at least 4 members (excludes halogenated alkanes) is 20. The molecule has 1 atom stereocenters. The topological polar surface area (TPSA) is 78.9 Å². The molecule has 1 unspecified atom stereocenters. The predicted octanol–water partition coefficient (Wildman–Crippen LogP) is 21.5. The molecular formula is C71H114O6. The molecule has 0 rings (SSSR count). The molecule has 0 radical (unpaired) electrons. The van der Waals surface area contributed by atoms with E-state index in [1.165, 1.54) is 89.9 Å². The van der Waals surface area contributed by atoms with E-state index in [1.54, 1.807) is 0 Å². The number of hydrogen-bond acceptors (Lipinski definition) is 6. The van der Waals surface area contributed by atoms with E-state index in [9.17, 15) is 14.4 Å². The molecular weight excluding hydrogens is 949 g/mol. The Morgan fingerprint density at radius 3 is 0.857 bits per heavy atom. The van der Waals surface area contributed by atoms with Gasteiger partial charge in [0.05, 0.1) is 0 Å². The van der Waals surface area contributed by atoms with Gasteiger partial charge in [0.15, 0.2) is 6.10 Å². The van der Waals surface area contributed by atoms with E-state index in [-0.39, 0.29) is 37.5 Å². The molecule has 0 saturated carbocycles. The zero-order valence-corrected chi connectivity index (χ0v) is 49.7. The molecule has 0 aliphatic heterocycles. The van der Waals surface area contributed by atoms with Crippen LogP contribution in [0.5, 0.6) is 0 Å². The smallest absolute Gasteiger partial charge is 0.306 e. The van der Waals surface area contributed by atoms with Crippen molar-refractivity contribution in [2.45, 2.75) is 271 Å². The van der Waals surface area contributed by atoms with Gasteiger partial charge in [0.1, 0.15) is 13.2 Å². The summed E-state index contributed by atoms with van der Waals surface area (Å²) in [5, 5.41) is 0. The minimum Gasteiger partial charge on any atom is -0.462 e. The van der Waals surface area contributed by atoms with Gasteiger partial charge >= 0.3 is 17.9 Å². The van der Waals surface area contributed by atoms with Crippen molar-refractivity contribution in [1.82, 2.24) is 0 Å². The summed E-state index contributed by atoms with van der Waals surface area (Å²) in [7, 11) is 0. The Kier molecular flexibility index (Phi) is 59.9. The molecule has 0 bridgehead atoms. The van der Waals surface area contributed by atoms with E-state index < -0.39 is 6.10 Å². The van der Waals surface area contributed by atoms with Crippen LogP contribution in [0, 0.1) is 0 Å². The first-order chi connectivity index (χ1) is 38.0. The third-order valence-corrected chi connectivity index (χ3v) is 12.8. The fourth-order valence-corrected chi connectivity index (χ4v) is 8.18. The second kappa shape index (κ2) is 63.8. The van der Waals surface area contributed by atoms with Crippen LogP contribution in [-0.2, 0) is 28.6 Å². The summed E-state index contributed by atoms with van der Waals surface area (Å²) >= 11 is 0. The van der Waals surface area contributed by atoms with Crippen LogP contribution >= 0.6 is 0 Å². The fourth-order valence-electron chi connectivity index (χ4n) is 8.18. The largest absolute Gasteiger partial charge is 0.462 e. The van der Waals surface area contributed by atoms with Crippen LogP contribution < -0.4 is 0 Å². The van der Waals surface area contributed by atoms with Crippen molar-refractivity contribution in [3.63, 3.8) is 0 Å². The first-order valence-corrected chi connectivity index (χ1v) is 31.3. The number of esters is 3.